The van der Waals surface area contributed by atoms with Crippen molar-refractivity contribution in [2.75, 3.05) is 6.54 Å². The number of carbonyl (C=O) groups excluding carboxylic acids is 1. The van der Waals surface area contributed by atoms with Gasteiger partial charge in [0.2, 0.25) is 0 Å². The van der Waals surface area contributed by atoms with E-state index in [4.69, 9.17) is 0 Å². The third-order valence-electron chi connectivity index (χ3n) is 5.85. The molecule has 0 aliphatic carbocycles. The molecule has 0 spiro atoms. The number of aryl methyl sites for hydroxylation is 1. The van der Waals surface area contributed by atoms with Crippen molar-refractivity contribution in [1.29, 1.82) is 0 Å². The second kappa shape index (κ2) is 7.40. The molecule has 0 fully saturated rings. The number of aromatic nitrogens is 2. The number of hydrogen-bond donors (Lipinski definition) is 1. The second-order valence-corrected chi connectivity index (χ2v) is 7.91. The summed E-state index contributed by atoms with van der Waals surface area (Å²) < 4.78 is 1.12. The number of hydrogen-bond acceptors (Lipinski definition) is 3. The number of amides is 1. The minimum atomic E-state index is -0.530. The molecule has 1 aliphatic heterocycles. The van der Waals surface area contributed by atoms with E-state index < -0.39 is 11.2 Å². The maximum atomic E-state index is 13.1. The summed E-state index contributed by atoms with van der Waals surface area (Å²) in [5.74, 6) is -0.111. The molecule has 31 heavy (non-hydrogen) atoms. The topological polar surface area (TPSA) is 75.2 Å². The third-order valence-corrected chi connectivity index (χ3v) is 5.85. The fraction of sp³-hybridized carbons (Fsp3) is 0.160. The van der Waals surface area contributed by atoms with Gasteiger partial charge in [-0.2, -0.15) is 0 Å². The van der Waals surface area contributed by atoms with Crippen LogP contribution in [0.5, 0.6) is 0 Å². The van der Waals surface area contributed by atoms with Crippen LogP contribution >= 0.6 is 0 Å². The smallest absolute Gasteiger partial charge is 0.333 e. The molecule has 0 bridgehead atoms. The van der Waals surface area contributed by atoms with Gasteiger partial charge >= 0.3 is 5.69 Å². The van der Waals surface area contributed by atoms with E-state index >= 15 is 0 Å². The summed E-state index contributed by atoms with van der Waals surface area (Å²) in [4.78, 5) is 43.3. The second-order valence-electron chi connectivity index (χ2n) is 7.91. The minimum absolute atomic E-state index is 0.111. The summed E-state index contributed by atoms with van der Waals surface area (Å²) in [6.07, 6.45) is 0.813. The number of H-pyrrole nitrogens is 1. The first-order valence-electron chi connectivity index (χ1n) is 10.2. The van der Waals surface area contributed by atoms with Crippen molar-refractivity contribution in [2.45, 2.75) is 19.9 Å². The fourth-order valence-electron chi connectivity index (χ4n) is 4.13. The Hall–Kier alpha value is -3.93. The molecule has 0 radical (unpaired) electrons. The van der Waals surface area contributed by atoms with Gasteiger partial charge in [0.25, 0.3) is 11.5 Å². The first kappa shape index (κ1) is 19.1. The molecule has 4 aromatic rings. The first-order chi connectivity index (χ1) is 15.0. The number of benzene rings is 3. The molecular weight excluding hydrogens is 390 g/mol. The summed E-state index contributed by atoms with van der Waals surface area (Å²) in [5.41, 5.74) is 3.84. The van der Waals surface area contributed by atoms with Gasteiger partial charge in [0.05, 0.1) is 16.6 Å². The summed E-state index contributed by atoms with van der Waals surface area (Å²) in [6, 6.07) is 20.2. The van der Waals surface area contributed by atoms with Crippen LogP contribution in [-0.4, -0.2) is 26.9 Å². The predicted molar refractivity (Wildman–Crippen MR) is 120 cm³/mol. The summed E-state index contributed by atoms with van der Waals surface area (Å²) in [7, 11) is 0. The molecule has 1 N–H and O–H groups in total. The molecule has 1 aromatic heterocycles. The predicted octanol–water partition coefficient (Wildman–Crippen LogP) is 3.19. The lowest BCUT2D eigenvalue weighted by atomic mass is 9.99. The number of rotatable bonds is 2. The molecule has 5 rings (SSSR count). The van der Waals surface area contributed by atoms with Crippen LogP contribution < -0.4 is 11.2 Å². The molecule has 6 nitrogen and oxygen atoms in total. The zero-order valence-corrected chi connectivity index (χ0v) is 17.1. The highest BCUT2D eigenvalue weighted by Gasteiger charge is 2.22. The number of carbonyl (C=O) groups is 1. The lowest BCUT2D eigenvalue weighted by Crippen LogP contribution is -2.36. The van der Waals surface area contributed by atoms with Crippen molar-refractivity contribution in [3.63, 3.8) is 0 Å². The summed E-state index contributed by atoms with van der Waals surface area (Å²) >= 11 is 0. The highest BCUT2D eigenvalue weighted by molar-refractivity contribution is 5.97. The standard InChI is InChI=1S/C25H21N3O3/c1-16-6-9-20(10-7-16)28-24(30)21-11-8-18(14-22(21)26-25(28)31)23(29)27-13-12-17-4-2-3-5-19(17)15-27/h2-11,14H,12-13,15H2,1H3,(H,26,31). The van der Waals surface area contributed by atoms with Crippen molar-refractivity contribution >= 4 is 16.8 Å². The van der Waals surface area contributed by atoms with Crippen molar-refractivity contribution in [2.24, 2.45) is 0 Å². The van der Waals surface area contributed by atoms with E-state index in [0.717, 1.165) is 22.1 Å². The van der Waals surface area contributed by atoms with Gasteiger partial charge in [-0.3, -0.25) is 9.59 Å². The number of nitrogens with zero attached hydrogens (tertiary/aromatic N) is 2. The Morgan fingerprint density at radius 2 is 1.68 bits per heavy atom. The maximum Gasteiger partial charge on any atom is 0.333 e. The van der Waals surface area contributed by atoms with E-state index in [1.54, 1.807) is 35.2 Å². The van der Waals surface area contributed by atoms with Gasteiger partial charge in [-0.05, 0) is 54.8 Å². The lowest BCUT2D eigenvalue weighted by Gasteiger charge is -2.29. The van der Waals surface area contributed by atoms with Crippen molar-refractivity contribution in [1.82, 2.24) is 14.5 Å². The maximum absolute atomic E-state index is 13.1. The molecule has 1 aliphatic rings. The molecular formula is C25H21N3O3. The van der Waals surface area contributed by atoms with Crippen LogP contribution in [0.2, 0.25) is 0 Å². The van der Waals surface area contributed by atoms with Crippen LogP contribution in [0.25, 0.3) is 16.6 Å². The summed E-state index contributed by atoms with van der Waals surface area (Å²) in [5, 5.41) is 0.362. The van der Waals surface area contributed by atoms with Crippen LogP contribution in [-0.2, 0) is 13.0 Å². The average Bonchev–Trinajstić information content (AvgIpc) is 2.79. The van der Waals surface area contributed by atoms with E-state index in [0.29, 0.717) is 35.2 Å². The number of nitrogens with one attached hydrogen (secondary N) is 1. The van der Waals surface area contributed by atoms with Gasteiger partial charge in [-0.25, -0.2) is 9.36 Å². The van der Waals surface area contributed by atoms with E-state index in [9.17, 15) is 14.4 Å². The Balaban J connectivity index is 1.52. The monoisotopic (exact) mass is 411 g/mol. The largest absolute Gasteiger partial charge is 0.334 e. The Morgan fingerprint density at radius 3 is 2.45 bits per heavy atom. The zero-order chi connectivity index (χ0) is 21.5. The first-order valence-corrected chi connectivity index (χ1v) is 10.2. The molecule has 154 valence electrons. The van der Waals surface area contributed by atoms with Crippen molar-refractivity contribution < 1.29 is 4.79 Å². The Bertz CT molecular complexity index is 1430. The number of fused-ring (bicyclic) bond motifs is 2. The molecule has 1 amide bonds. The SMILES string of the molecule is Cc1ccc(-n2c(=O)[nH]c3cc(C(=O)N4CCc5ccccc5C4)ccc3c2=O)cc1. The molecule has 0 atom stereocenters. The molecule has 3 aromatic carbocycles. The van der Waals surface area contributed by atoms with Crippen LogP contribution in [0.15, 0.2) is 76.3 Å². The highest BCUT2D eigenvalue weighted by atomic mass is 16.2. The van der Waals surface area contributed by atoms with Gasteiger partial charge in [-0.1, -0.05) is 42.0 Å². The van der Waals surface area contributed by atoms with Crippen LogP contribution in [0.3, 0.4) is 0 Å². The molecule has 2 heterocycles. The van der Waals surface area contributed by atoms with Crippen molar-refractivity contribution in [3.8, 4) is 5.69 Å². The van der Waals surface area contributed by atoms with Gasteiger partial charge in [0.15, 0.2) is 0 Å². The van der Waals surface area contributed by atoms with Crippen LogP contribution in [0.4, 0.5) is 0 Å². The zero-order valence-electron chi connectivity index (χ0n) is 17.1. The van der Waals surface area contributed by atoms with E-state index in [2.05, 4.69) is 11.1 Å². The molecule has 0 saturated heterocycles. The van der Waals surface area contributed by atoms with Crippen LogP contribution in [0.1, 0.15) is 27.0 Å². The normalized spacial score (nSPS) is 13.3. The Morgan fingerprint density at radius 1 is 0.935 bits per heavy atom. The van der Waals surface area contributed by atoms with Gasteiger partial charge < -0.3 is 9.88 Å². The van der Waals surface area contributed by atoms with E-state index in [1.165, 1.54) is 5.56 Å². The molecule has 6 heteroatoms. The average molecular weight is 411 g/mol. The Labute approximate surface area is 178 Å². The van der Waals surface area contributed by atoms with Crippen LogP contribution in [0, 0.1) is 6.92 Å². The summed E-state index contributed by atoms with van der Waals surface area (Å²) in [6.45, 7) is 3.13. The number of aromatic amines is 1. The van der Waals surface area contributed by atoms with E-state index in [1.807, 2.05) is 37.3 Å². The van der Waals surface area contributed by atoms with Gasteiger partial charge in [0.1, 0.15) is 0 Å². The minimum Gasteiger partial charge on any atom is -0.334 e. The third kappa shape index (κ3) is 3.36. The van der Waals surface area contributed by atoms with E-state index in [-0.39, 0.29) is 5.91 Å². The fourth-order valence-corrected chi connectivity index (χ4v) is 4.13. The lowest BCUT2D eigenvalue weighted by molar-refractivity contribution is 0.0735. The highest BCUT2D eigenvalue weighted by Crippen LogP contribution is 2.21. The quantitative estimate of drug-likeness (QED) is 0.551. The molecule has 0 unspecified atom stereocenters. The van der Waals surface area contributed by atoms with Crippen molar-refractivity contribution in [3.05, 3.63) is 110 Å². The van der Waals surface area contributed by atoms with Gasteiger partial charge in [-0.15, -0.1) is 0 Å². The van der Waals surface area contributed by atoms with Gasteiger partial charge in [0, 0.05) is 18.7 Å². The molecule has 0 saturated carbocycles. The Kier molecular flexibility index (Phi) is 4.55.